The van der Waals surface area contributed by atoms with Crippen LogP contribution in [-0.2, 0) is 11.3 Å². The van der Waals surface area contributed by atoms with E-state index >= 15 is 0 Å². The molecule has 0 aliphatic heterocycles. The van der Waals surface area contributed by atoms with Gasteiger partial charge in [-0.2, -0.15) is 0 Å². The van der Waals surface area contributed by atoms with Crippen LogP contribution < -0.4 is 4.90 Å². The molecule has 1 rings (SSSR count). The molecule has 0 amide bonds. The predicted molar refractivity (Wildman–Crippen MR) is 67.9 cm³/mol. The van der Waals surface area contributed by atoms with Crippen molar-refractivity contribution in [2.75, 3.05) is 19.1 Å². The Bertz CT molecular complexity index is 392. The maximum absolute atomic E-state index is 11.1. The van der Waals surface area contributed by atoms with Crippen molar-refractivity contribution >= 4 is 22.4 Å². The molecule has 1 N–H and O–H groups in total. The molecule has 1 unspecified atom stereocenters. The van der Waals surface area contributed by atoms with E-state index in [0.29, 0.717) is 11.7 Å². The second-order valence-electron chi connectivity index (χ2n) is 3.88. The second kappa shape index (κ2) is 5.97. The first kappa shape index (κ1) is 13.9. The number of carboxylic acids is 1. The second-order valence-corrected chi connectivity index (χ2v) is 4.86. The number of hydrogen-bond acceptors (Lipinski definition) is 5. The molecule has 0 spiro atoms. The largest absolute Gasteiger partial charge is 0.477 e. The van der Waals surface area contributed by atoms with Crippen molar-refractivity contribution in [1.29, 1.82) is 0 Å². The number of thiazole rings is 1. The van der Waals surface area contributed by atoms with E-state index in [1.807, 2.05) is 11.9 Å². The van der Waals surface area contributed by atoms with Crippen LogP contribution in [0.1, 0.15) is 35.6 Å². The van der Waals surface area contributed by atoms with Gasteiger partial charge in [0.05, 0.1) is 12.3 Å². The Morgan fingerprint density at radius 3 is 2.76 bits per heavy atom. The molecule has 1 heterocycles. The van der Waals surface area contributed by atoms with Crippen molar-refractivity contribution in [1.82, 2.24) is 4.98 Å². The molecular formula is C11H18N2O3S. The molecule has 6 heteroatoms. The van der Waals surface area contributed by atoms with E-state index < -0.39 is 5.97 Å². The number of rotatable bonds is 6. The highest BCUT2D eigenvalue weighted by Gasteiger charge is 2.20. The smallest absolute Gasteiger partial charge is 0.347 e. The number of aromatic nitrogens is 1. The maximum Gasteiger partial charge on any atom is 0.347 e. The van der Waals surface area contributed by atoms with Gasteiger partial charge in [0.2, 0.25) is 0 Å². The predicted octanol–water partition coefficient (Wildman–Crippen LogP) is 2.22. The molecule has 0 aliphatic rings. The van der Waals surface area contributed by atoms with Gasteiger partial charge in [-0.25, -0.2) is 9.78 Å². The molecule has 0 saturated heterocycles. The van der Waals surface area contributed by atoms with Gasteiger partial charge in [0.15, 0.2) is 5.13 Å². The van der Waals surface area contributed by atoms with Crippen LogP contribution in [0.25, 0.3) is 0 Å². The normalized spacial score (nSPS) is 12.5. The quantitative estimate of drug-likeness (QED) is 0.847. The Labute approximate surface area is 105 Å². The zero-order valence-corrected chi connectivity index (χ0v) is 11.4. The Kier molecular flexibility index (Phi) is 4.89. The van der Waals surface area contributed by atoms with Crippen molar-refractivity contribution in [2.24, 2.45) is 0 Å². The molecule has 0 saturated carbocycles. The van der Waals surface area contributed by atoms with Crippen molar-refractivity contribution in [3.8, 4) is 0 Å². The molecule has 0 aliphatic carbocycles. The number of hydrogen-bond donors (Lipinski definition) is 1. The molecule has 0 aromatic carbocycles. The topological polar surface area (TPSA) is 62.7 Å². The van der Waals surface area contributed by atoms with Crippen LogP contribution >= 0.6 is 11.3 Å². The Morgan fingerprint density at radius 1 is 1.65 bits per heavy atom. The van der Waals surface area contributed by atoms with Gasteiger partial charge in [0.25, 0.3) is 0 Å². The molecule has 5 nitrogen and oxygen atoms in total. The van der Waals surface area contributed by atoms with Crippen molar-refractivity contribution in [2.45, 2.75) is 32.9 Å². The Morgan fingerprint density at radius 2 is 2.29 bits per heavy atom. The van der Waals surface area contributed by atoms with Crippen LogP contribution in [-0.4, -0.2) is 36.3 Å². The summed E-state index contributed by atoms with van der Waals surface area (Å²) < 4.78 is 4.96. The van der Waals surface area contributed by atoms with Gasteiger partial charge in [-0.05, 0) is 13.3 Å². The summed E-state index contributed by atoms with van der Waals surface area (Å²) in [5, 5.41) is 9.81. The van der Waals surface area contributed by atoms with E-state index in [0.717, 1.165) is 11.6 Å². The number of carboxylic acid groups (broad SMARTS) is 1. The van der Waals surface area contributed by atoms with E-state index in [4.69, 9.17) is 9.84 Å². The van der Waals surface area contributed by atoms with Crippen molar-refractivity contribution < 1.29 is 14.6 Å². The molecule has 0 bridgehead atoms. The highest BCUT2D eigenvalue weighted by molar-refractivity contribution is 7.17. The number of nitrogens with zero attached hydrogens (tertiary/aromatic N) is 2. The van der Waals surface area contributed by atoms with Crippen LogP contribution in [0, 0.1) is 0 Å². The van der Waals surface area contributed by atoms with Gasteiger partial charge in [-0.1, -0.05) is 18.3 Å². The van der Waals surface area contributed by atoms with Crippen molar-refractivity contribution in [3.05, 3.63) is 10.6 Å². The summed E-state index contributed by atoms with van der Waals surface area (Å²) in [6.07, 6.45) is 0.984. The number of anilines is 1. The Balaban J connectivity index is 3.02. The average molecular weight is 258 g/mol. The fourth-order valence-corrected chi connectivity index (χ4v) is 2.33. The van der Waals surface area contributed by atoms with Crippen LogP contribution in [0.15, 0.2) is 0 Å². The zero-order chi connectivity index (χ0) is 13.0. The lowest BCUT2D eigenvalue weighted by molar-refractivity contribution is 0.0697. The third-order valence-electron chi connectivity index (χ3n) is 2.72. The summed E-state index contributed by atoms with van der Waals surface area (Å²) in [4.78, 5) is 17.7. The maximum atomic E-state index is 11.1. The number of aromatic carboxylic acids is 1. The van der Waals surface area contributed by atoms with Gasteiger partial charge >= 0.3 is 5.97 Å². The first-order valence-corrected chi connectivity index (χ1v) is 6.27. The SMILES string of the molecule is CCC(C)N(C)c1nc(COC)c(C(=O)O)s1. The average Bonchev–Trinajstić information content (AvgIpc) is 2.71. The summed E-state index contributed by atoms with van der Waals surface area (Å²) in [6.45, 7) is 4.40. The molecule has 17 heavy (non-hydrogen) atoms. The molecule has 0 fully saturated rings. The van der Waals surface area contributed by atoms with Gasteiger partial charge in [0, 0.05) is 20.2 Å². The summed E-state index contributed by atoms with van der Waals surface area (Å²) in [7, 11) is 3.46. The molecule has 0 radical (unpaired) electrons. The Hall–Kier alpha value is -1.14. The number of ether oxygens (including phenoxy) is 1. The summed E-state index contributed by atoms with van der Waals surface area (Å²) >= 11 is 1.19. The van der Waals surface area contributed by atoms with Gasteiger partial charge in [0.1, 0.15) is 4.88 Å². The lowest BCUT2D eigenvalue weighted by Crippen LogP contribution is -2.27. The monoisotopic (exact) mass is 258 g/mol. The first-order chi connectivity index (χ1) is 8.01. The molecule has 96 valence electrons. The zero-order valence-electron chi connectivity index (χ0n) is 10.6. The standard InChI is InChI=1S/C11H18N2O3S/c1-5-7(2)13(3)11-12-8(6-16-4)9(17-11)10(14)15/h7H,5-6H2,1-4H3,(H,14,15). The van der Waals surface area contributed by atoms with Crippen LogP contribution in [0.5, 0.6) is 0 Å². The highest BCUT2D eigenvalue weighted by Crippen LogP contribution is 2.27. The lowest BCUT2D eigenvalue weighted by Gasteiger charge is -2.22. The van der Waals surface area contributed by atoms with E-state index in [-0.39, 0.29) is 11.5 Å². The first-order valence-electron chi connectivity index (χ1n) is 5.46. The summed E-state index contributed by atoms with van der Waals surface area (Å²) in [5.41, 5.74) is 0.496. The molecule has 1 aromatic rings. The third-order valence-corrected chi connectivity index (χ3v) is 3.89. The van der Waals surface area contributed by atoms with Gasteiger partial charge in [-0.3, -0.25) is 0 Å². The van der Waals surface area contributed by atoms with Crippen LogP contribution in [0.2, 0.25) is 0 Å². The fraction of sp³-hybridized carbons (Fsp3) is 0.636. The van der Waals surface area contributed by atoms with Gasteiger partial charge in [-0.15, -0.1) is 0 Å². The molecule has 1 atom stereocenters. The molecular weight excluding hydrogens is 240 g/mol. The van der Waals surface area contributed by atoms with Crippen LogP contribution in [0.3, 0.4) is 0 Å². The summed E-state index contributed by atoms with van der Waals surface area (Å²) in [5.74, 6) is -0.946. The van der Waals surface area contributed by atoms with E-state index in [1.54, 1.807) is 0 Å². The van der Waals surface area contributed by atoms with Gasteiger partial charge < -0.3 is 14.7 Å². The minimum Gasteiger partial charge on any atom is -0.477 e. The van der Waals surface area contributed by atoms with E-state index in [9.17, 15) is 4.79 Å². The molecule has 1 aromatic heterocycles. The highest BCUT2D eigenvalue weighted by atomic mass is 32.1. The number of carbonyl (C=O) groups is 1. The van der Waals surface area contributed by atoms with Crippen molar-refractivity contribution in [3.63, 3.8) is 0 Å². The van der Waals surface area contributed by atoms with Crippen LogP contribution in [0.4, 0.5) is 5.13 Å². The fourth-order valence-electron chi connectivity index (χ4n) is 1.35. The third kappa shape index (κ3) is 3.17. The number of methoxy groups -OCH3 is 1. The van der Waals surface area contributed by atoms with E-state index in [2.05, 4.69) is 18.8 Å². The lowest BCUT2D eigenvalue weighted by atomic mass is 10.2. The minimum absolute atomic E-state index is 0.229. The summed E-state index contributed by atoms with van der Waals surface area (Å²) in [6, 6.07) is 0.332. The van der Waals surface area contributed by atoms with E-state index in [1.165, 1.54) is 18.4 Å². The minimum atomic E-state index is -0.946.